The molecule has 3 heterocycles. The van der Waals surface area contributed by atoms with Crippen LogP contribution in [0.25, 0.3) is 10.8 Å². The predicted molar refractivity (Wildman–Crippen MR) is 132 cm³/mol. The third-order valence-corrected chi connectivity index (χ3v) is 7.38. The Balaban J connectivity index is 1.21. The summed E-state index contributed by atoms with van der Waals surface area (Å²) in [6.45, 7) is 5.04. The highest BCUT2D eigenvalue weighted by molar-refractivity contribution is 6.00. The summed E-state index contributed by atoms with van der Waals surface area (Å²) in [5, 5.41) is 11.8. The molecular formula is C28H31N3O3. The van der Waals surface area contributed by atoms with Gasteiger partial charge in [0.15, 0.2) is 0 Å². The lowest BCUT2D eigenvalue weighted by molar-refractivity contribution is -0.132. The summed E-state index contributed by atoms with van der Waals surface area (Å²) in [6.07, 6.45) is 7.06. The molecule has 6 heteroatoms. The molecular weight excluding hydrogens is 426 g/mol. The fourth-order valence-electron chi connectivity index (χ4n) is 5.55. The van der Waals surface area contributed by atoms with E-state index < -0.39 is 0 Å². The summed E-state index contributed by atoms with van der Waals surface area (Å²) in [5.74, 6) is 1.21. The Bertz CT molecular complexity index is 1220. The fraction of sp³-hybridized carbons (Fsp3) is 0.393. The Morgan fingerprint density at radius 1 is 1.00 bits per heavy atom. The van der Waals surface area contributed by atoms with E-state index in [1.807, 2.05) is 41.0 Å². The molecule has 0 bridgehead atoms. The largest absolute Gasteiger partial charge is 0.507 e. The van der Waals surface area contributed by atoms with Crippen LogP contribution < -0.4 is 0 Å². The molecule has 0 saturated carbocycles. The number of fused-ring (bicyclic) bond motifs is 1. The zero-order valence-corrected chi connectivity index (χ0v) is 19.6. The average molecular weight is 458 g/mol. The van der Waals surface area contributed by atoms with E-state index in [0.29, 0.717) is 29.2 Å². The lowest BCUT2D eigenvalue weighted by Gasteiger charge is -2.36. The van der Waals surface area contributed by atoms with E-state index in [1.165, 1.54) is 0 Å². The van der Waals surface area contributed by atoms with Crippen LogP contribution in [0, 0.1) is 18.8 Å². The summed E-state index contributed by atoms with van der Waals surface area (Å²) in [7, 11) is 0. The predicted octanol–water partition coefficient (Wildman–Crippen LogP) is 4.19. The molecule has 0 aliphatic carbocycles. The minimum Gasteiger partial charge on any atom is -0.507 e. The van der Waals surface area contributed by atoms with Crippen molar-refractivity contribution in [1.29, 1.82) is 0 Å². The van der Waals surface area contributed by atoms with E-state index in [1.54, 1.807) is 30.6 Å². The summed E-state index contributed by atoms with van der Waals surface area (Å²) in [6, 6.07) is 12.9. The smallest absolute Gasteiger partial charge is 0.253 e. The topological polar surface area (TPSA) is 73.7 Å². The maximum atomic E-state index is 13.2. The van der Waals surface area contributed by atoms with E-state index >= 15 is 0 Å². The molecule has 1 N–H and O–H groups in total. The van der Waals surface area contributed by atoms with Gasteiger partial charge in [-0.05, 0) is 72.7 Å². The third kappa shape index (κ3) is 4.63. The number of aryl methyl sites for hydroxylation is 1. The highest BCUT2D eigenvalue weighted by atomic mass is 16.3. The minimum absolute atomic E-state index is 0.0170. The van der Waals surface area contributed by atoms with E-state index in [9.17, 15) is 14.7 Å². The van der Waals surface area contributed by atoms with Gasteiger partial charge in [-0.3, -0.25) is 14.6 Å². The van der Waals surface area contributed by atoms with Crippen LogP contribution in [0.15, 0.2) is 54.9 Å². The van der Waals surface area contributed by atoms with Crippen LogP contribution in [0.5, 0.6) is 5.75 Å². The van der Waals surface area contributed by atoms with Crippen LogP contribution >= 0.6 is 0 Å². The fourth-order valence-corrected chi connectivity index (χ4v) is 5.55. The molecule has 2 amide bonds. The first-order valence-corrected chi connectivity index (χ1v) is 12.2. The van der Waals surface area contributed by atoms with Crippen LogP contribution in [0.2, 0.25) is 0 Å². The third-order valence-electron chi connectivity index (χ3n) is 7.38. The monoisotopic (exact) mass is 457 g/mol. The molecule has 2 aliphatic rings. The second kappa shape index (κ2) is 9.45. The van der Waals surface area contributed by atoms with Crippen molar-refractivity contribution in [2.24, 2.45) is 11.8 Å². The number of nitrogens with zero attached hydrogens (tertiary/aromatic N) is 3. The van der Waals surface area contributed by atoms with Crippen molar-refractivity contribution in [2.45, 2.75) is 32.6 Å². The number of pyridine rings is 1. The SMILES string of the molecule is Cc1cncc(CC(=O)N2CCCC(C3CCN(C(=O)c4ccc5cccc(O)c5c4)C3)C2)c1. The first-order valence-electron chi connectivity index (χ1n) is 12.2. The van der Waals surface area contributed by atoms with Crippen LogP contribution in [0.3, 0.4) is 0 Å². The van der Waals surface area contributed by atoms with Gasteiger partial charge in [-0.2, -0.15) is 0 Å². The summed E-state index contributed by atoms with van der Waals surface area (Å²) in [4.78, 5) is 34.3. The molecule has 2 unspecified atom stereocenters. The van der Waals surface area contributed by atoms with Crippen molar-refractivity contribution in [3.8, 4) is 5.75 Å². The number of carbonyl (C=O) groups excluding carboxylic acids is 2. The molecule has 176 valence electrons. The maximum Gasteiger partial charge on any atom is 0.253 e. The highest BCUT2D eigenvalue weighted by Crippen LogP contribution is 2.33. The molecule has 6 nitrogen and oxygen atoms in total. The molecule has 2 atom stereocenters. The van der Waals surface area contributed by atoms with Crippen molar-refractivity contribution in [2.75, 3.05) is 26.2 Å². The number of carbonyl (C=O) groups is 2. The molecule has 2 saturated heterocycles. The van der Waals surface area contributed by atoms with Gasteiger partial charge in [0.1, 0.15) is 5.75 Å². The minimum atomic E-state index is 0.0170. The normalized spacial score (nSPS) is 20.6. The van der Waals surface area contributed by atoms with Gasteiger partial charge in [0.2, 0.25) is 5.91 Å². The molecule has 0 radical (unpaired) electrons. The number of hydrogen-bond acceptors (Lipinski definition) is 4. The number of phenols is 1. The van der Waals surface area contributed by atoms with Crippen molar-refractivity contribution in [1.82, 2.24) is 14.8 Å². The standard InChI is InChI=1S/C28H31N3O3/c1-19-12-20(16-29-15-19)13-27(33)30-10-3-5-23(17-30)24-9-11-31(18-24)28(34)22-8-7-21-4-2-6-26(32)25(21)14-22/h2,4,6-8,12,14-16,23-24,32H,3,5,9-11,13,17-18H2,1H3. The lowest BCUT2D eigenvalue weighted by Crippen LogP contribution is -2.43. The van der Waals surface area contributed by atoms with Gasteiger partial charge in [0.25, 0.3) is 5.91 Å². The van der Waals surface area contributed by atoms with Crippen LogP contribution in [-0.2, 0) is 11.2 Å². The van der Waals surface area contributed by atoms with Gasteiger partial charge < -0.3 is 14.9 Å². The number of aromatic hydroxyl groups is 1. The number of phenolic OH excluding ortho intramolecular Hbond substituents is 1. The lowest BCUT2D eigenvalue weighted by atomic mass is 9.84. The van der Waals surface area contributed by atoms with Gasteiger partial charge in [0.05, 0.1) is 6.42 Å². The van der Waals surface area contributed by atoms with Crippen LogP contribution in [0.1, 0.15) is 40.7 Å². The first-order chi connectivity index (χ1) is 16.5. The van der Waals surface area contributed by atoms with E-state index in [4.69, 9.17) is 0 Å². The second-order valence-corrected chi connectivity index (χ2v) is 9.80. The average Bonchev–Trinajstić information content (AvgIpc) is 3.34. The van der Waals surface area contributed by atoms with Crippen molar-refractivity contribution in [3.63, 3.8) is 0 Å². The van der Waals surface area contributed by atoms with Crippen molar-refractivity contribution >= 4 is 22.6 Å². The van der Waals surface area contributed by atoms with E-state index in [-0.39, 0.29) is 17.6 Å². The molecule has 2 aliphatic heterocycles. The Labute approximate surface area is 200 Å². The highest BCUT2D eigenvalue weighted by Gasteiger charge is 2.35. The van der Waals surface area contributed by atoms with Gasteiger partial charge in [-0.1, -0.05) is 24.3 Å². The zero-order chi connectivity index (χ0) is 23.7. The molecule has 1 aromatic heterocycles. The zero-order valence-electron chi connectivity index (χ0n) is 19.6. The quantitative estimate of drug-likeness (QED) is 0.638. The van der Waals surface area contributed by atoms with Crippen LogP contribution in [0.4, 0.5) is 0 Å². The van der Waals surface area contributed by atoms with Gasteiger partial charge in [-0.25, -0.2) is 0 Å². The van der Waals surface area contributed by atoms with E-state index in [0.717, 1.165) is 62.0 Å². The summed E-state index contributed by atoms with van der Waals surface area (Å²) < 4.78 is 0. The molecule has 0 spiro atoms. The number of benzene rings is 2. The molecule has 2 fully saturated rings. The summed E-state index contributed by atoms with van der Waals surface area (Å²) >= 11 is 0. The maximum absolute atomic E-state index is 13.2. The Morgan fingerprint density at radius 2 is 1.82 bits per heavy atom. The number of rotatable bonds is 4. The molecule has 2 aromatic carbocycles. The van der Waals surface area contributed by atoms with Gasteiger partial charge in [0, 0.05) is 49.5 Å². The van der Waals surface area contributed by atoms with Crippen LogP contribution in [-0.4, -0.2) is 57.9 Å². The number of piperidine rings is 1. The molecule has 34 heavy (non-hydrogen) atoms. The number of hydrogen-bond donors (Lipinski definition) is 1. The number of likely N-dealkylation sites (tertiary alicyclic amines) is 2. The van der Waals surface area contributed by atoms with Crippen molar-refractivity contribution < 1.29 is 14.7 Å². The van der Waals surface area contributed by atoms with Crippen molar-refractivity contribution in [3.05, 3.63) is 71.5 Å². The summed E-state index contributed by atoms with van der Waals surface area (Å²) in [5.41, 5.74) is 2.65. The molecule has 3 aromatic rings. The Kier molecular flexibility index (Phi) is 6.22. The number of aromatic nitrogens is 1. The first kappa shape index (κ1) is 22.4. The van der Waals surface area contributed by atoms with Gasteiger partial charge >= 0.3 is 0 Å². The van der Waals surface area contributed by atoms with Gasteiger partial charge in [-0.15, -0.1) is 0 Å². The molecule has 5 rings (SSSR count). The van der Waals surface area contributed by atoms with E-state index in [2.05, 4.69) is 4.98 Å². The Morgan fingerprint density at radius 3 is 2.68 bits per heavy atom. The second-order valence-electron chi connectivity index (χ2n) is 9.80. The Hall–Kier alpha value is -3.41. The number of amides is 2.